The average Bonchev–Trinajstić information content (AvgIpc) is 2.71. The van der Waals surface area contributed by atoms with Crippen LogP contribution in [0.5, 0.6) is 0 Å². The van der Waals surface area contributed by atoms with Crippen LogP contribution in [0.1, 0.15) is 23.6 Å². The lowest BCUT2D eigenvalue weighted by Crippen LogP contribution is -2.26. The third kappa shape index (κ3) is 4.39. The highest BCUT2D eigenvalue weighted by Crippen LogP contribution is 2.31. The quantitative estimate of drug-likeness (QED) is 0.570. The van der Waals surface area contributed by atoms with Crippen molar-refractivity contribution in [2.75, 3.05) is 5.32 Å². The first kappa shape index (κ1) is 22.7. The first-order chi connectivity index (χ1) is 14.9. The molecule has 32 heavy (non-hydrogen) atoms. The number of carbonyl (C=O) groups is 1. The Kier molecular flexibility index (Phi) is 5.90. The lowest BCUT2D eigenvalue weighted by molar-refractivity contribution is -0.138. The summed E-state index contributed by atoms with van der Waals surface area (Å²) >= 11 is 0. The number of anilines is 1. The predicted molar refractivity (Wildman–Crippen MR) is 104 cm³/mol. The van der Waals surface area contributed by atoms with E-state index in [9.17, 15) is 36.8 Å². The van der Waals surface area contributed by atoms with Gasteiger partial charge in [0.25, 0.3) is 0 Å². The lowest BCUT2D eigenvalue weighted by Gasteiger charge is -2.17. The molecule has 1 atom stereocenters. The van der Waals surface area contributed by atoms with Crippen molar-refractivity contribution in [3.63, 3.8) is 0 Å². The van der Waals surface area contributed by atoms with E-state index in [1.54, 1.807) is 6.07 Å². The number of pyridine rings is 1. The number of hydrogen-bond acceptors (Lipinski definition) is 4. The van der Waals surface area contributed by atoms with Crippen LogP contribution in [0.3, 0.4) is 0 Å². The Labute approximate surface area is 177 Å². The van der Waals surface area contributed by atoms with Gasteiger partial charge in [-0.3, -0.25) is 9.59 Å². The van der Waals surface area contributed by atoms with Gasteiger partial charge in [-0.15, -0.1) is 0 Å². The Morgan fingerprint density at radius 3 is 2.47 bits per heavy atom. The van der Waals surface area contributed by atoms with Crippen molar-refractivity contribution >= 4 is 22.6 Å². The van der Waals surface area contributed by atoms with Gasteiger partial charge in [-0.05, 0) is 31.2 Å². The number of nitriles is 1. The number of fused-ring (bicyclic) bond motifs is 1. The average molecular weight is 451 g/mol. The van der Waals surface area contributed by atoms with E-state index in [1.165, 1.54) is 11.5 Å². The topological polar surface area (TPSA) is 95.1 Å². The maximum Gasteiger partial charge on any atom is 0.416 e. The largest absolute Gasteiger partial charge is 0.480 e. The third-order valence-corrected chi connectivity index (χ3v) is 4.75. The van der Waals surface area contributed by atoms with Gasteiger partial charge in [0.15, 0.2) is 0 Å². The van der Waals surface area contributed by atoms with Crippen LogP contribution >= 0.6 is 0 Å². The van der Waals surface area contributed by atoms with Crippen LogP contribution in [0.4, 0.5) is 27.6 Å². The fourth-order valence-corrected chi connectivity index (χ4v) is 3.06. The monoisotopic (exact) mass is 451 g/mol. The summed E-state index contributed by atoms with van der Waals surface area (Å²) in [5.74, 6) is -3.39. The summed E-state index contributed by atoms with van der Waals surface area (Å²) in [6.07, 6.45) is -3.67. The predicted octanol–water partition coefficient (Wildman–Crippen LogP) is 4.10. The molecule has 0 saturated carbocycles. The van der Waals surface area contributed by atoms with Crippen molar-refractivity contribution in [3.8, 4) is 6.07 Å². The van der Waals surface area contributed by atoms with Gasteiger partial charge in [0.1, 0.15) is 29.3 Å². The van der Waals surface area contributed by atoms with Gasteiger partial charge in [0.2, 0.25) is 5.43 Å². The van der Waals surface area contributed by atoms with Gasteiger partial charge in [-0.1, -0.05) is 6.07 Å². The molecule has 0 radical (unpaired) electrons. The molecule has 6 nitrogen and oxygen atoms in total. The summed E-state index contributed by atoms with van der Waals surface area (Å²) in [4.78, 5) is 23.5. The van der Waals surface area contributed by atoms with E-state index in [0.717, 1.165) is 24.4 Å². The van der Waals surface area contributed by atoms with Crippen LogP contribution in [0, 0.1) is 23.0 Å². The molecule has 0 amide bonds. The first-order valence-corrected chi connectivity index (χ1v) is 9.04. The van der Waals surface area contributed by atoms with E-state index >= 15 is 0 Å². The maximum absolute atomic E-state index is 14.5. The maximum atomic E-state index is 14.5. The normalized spacial score (nSPS) is 12.4. The summed E-state index contributed by atoms with van der Waals surface area (Å²) in [5, 5.41) is 20.4. The fraction of sp³-hybridized carbons (Fsp3) is 0.190. The molecule has 1 aromatic heterocycles. The van der Waals surface area contributed by atoms with E-state index in [1.807, 2.05) is 0 Å². The Morgan fingerprint density at radius 1 is 1.22 bits per heavy atom. The van der Waals surface area contributed by atoms with Crippen molar-refractivity contribution in [2.45, 2.75) is 25.7 Å². The molecule has 0 aliphatic rings. The summed E-state index contributed by atoms with van der Waals surface area (Å²) in [6.45, 7) is 0.879. The minimum absolute atomic E-state index is 0.0230. The molecule has 166 valence electrons. The number of halogens is 5. The van der Waals surface area contributed by atoms with Crippen molar-refractivity contribution < 1.29 is 31.9 Å². The highest BCUT2D eigenvalue weighted by atomic mass is 19.4. The lowest BCUT2D eigenvalue weighted by atomic mass is 10.1. The van der Waals surface area contributed by atoms with Gasteiger partial charge in [-0.2, -0.15) is 18.4 Å². The van der Waals surface area contributed by atoms with Crippen molar-refractivity contribution in [2.24, 2.45) is 0 Å². The Balaban J connectivity index is 2.17. The van der Waals surface area contributed by atoms with Gasteiger partial charge in [0.05, 0.1) is 28.7 Å². The van der Waals surface area contributed by atoms with Crippen LogP contribution in [0.25, 0.3) is 10.9 Å². The van der Waals surface area contributed by atoms with Crippen LogP contribution in [0.2, 0.25) is 0 Å². The van der Waals surface area contributed by atoms with Crippen LogP contribution in [-0.2, 0) is 17.5 Å². The number of carboxylic acid groups (broad SMARTS) is 1. The number of benzene rings is 2. The summed E-state index contributed by atoms with van der Waals surface area (Å²) in [7, 11) is 0. The number of aromatic nitrogens is 1. The van der Waals surface area contributed by atoms with Crippen molar-refractivity contribution in [3.05, 3.63) is 75.1 Å². The summed E-state index contributed by atoms with van der Waals surface area (Å²) in [6, 6.07) is 4.33. The number of rotatable bonds is 5. The Morgan fingerprint density at radius 2 is 1.91 bits per heavy atom. The Bertz CT molecular complexity index is 1330. The molecule has 1 unspecified atom stereocenters. The minimum atomic E-state index is -4.74. The molecule has 2 N–H and O–H groups in total. The number of nitrogens with zero attached hydrogens (tertiary/aromatic N) is 2. The number of alkyl halides is 3. The first-order valence-electron chi connectivity index (χ1n) is 9.04. The minimum Gasteiger partial charge on any atom is -0.480 e. The molecule has 0 saturated heterocycles. The second kappa shape index (κ2) is 8.30. The summed E-state index contributed by atoms with van der Waals surface area (Å²) in [5.41, 5.74) is -2.79. The second-order valence-electron chi connectivity index (χ2n) is 6.97. The smallest absolute Gasteiger partial charge is 0.416 e. The van der Waals surface area contributed by atoms with Crippen molar-refractivity contribution in [1.29, 1.82) is 5.26 Å². The van der Waals surface area contributed by atoms with E-state index < -0.39 is 40.8 Å². The third-order valence-electron chi connectivity index (χ3n) is 4.75. The van der Waals surface area contributed by atoms with Gasteiger partial charge in [-0.25, -0.2) is 8.78 Å². The van der Waals surface area contributed by atoms with E-state index in [4.69, 9.17) is 5.11 Å². The van der Waals surface area contributed by atoms with Crippen LogP contribution in [0.15, 0.2) is 41.3 Å². The molecule has 0 bridgehead atoms. The number of aliphatic carboxylic acids is 1. The van der Waals surface area contributed by atoms with Crippen LogP contribution < -0.4 is 10.7 Å². The van der Waals surface area contributed by atoms with E-state index in [0.29, 0.717) is 12.1 Å². The zero-order valence-corrected chi connectivity index (χ0v) is 16.3. The molecule has 1 heterocycles. The van der Waals surface area contributed by atoms with Gasteiger partial charge >= 0.3 is 12.1 Å². The Hall–Kier alpha value is -3.94. The second-order valence-corrected chi connectivity index (χ2v) is 6.97. The molecular formula is C21H14F5N3O3. The summed E-state index contributed by atoms with van der Waals surface area (Å²) < 4.78 is 68.4. The number of carboxylic acids is 1. The molecule has 0 fully saturated rings. The molecule has 0 aliphatic heterocycles. The molecule has 0 spiro atoms. The zero-order chi connectivity index (χ0) is 23.8. The highest BCUT2D eigenvalue weighted by Gasteiger charge is 2.31. The van der Waals surface area contributed by atoms with Crippen LogP contribution in [-0.4, -0.2) is 21.7 Å². The molecule has 3 aromatic rings. The van der Waals surface area contributed by atoms with E-state index in [2.05, 4.69) is 5.32 Å². The van der Waals surface area contributed by atoms with E-state index in [-0.39, 0.29) is 34.3 Å². The molecular weight excluding hydrogens is 437 g/mol. The molecule has 11 heteroatoms. The van der Waals surface area contributed by atoms with Gasteiger partial charge in [0, 0.05) is 11.8 Å². The number of hydrogen-bond donors (Lipinski definition) is 2. The SMILES string of the molecule is CC(Nc1cc2c(cc1F)c(=O)c(C#N)cn2Cc1ccc(C(F)(F)F)cc1F)C(=O)O. The fourth-order valence-electron chi connectivity index (χ4n) is 3.06. The zero-order valence-electron chi connectivity index (χ0n) is 16.3. The van der Waals surface area contributed by atoms with Gasteiger partial charge < -0.3 is 15.0 Å². The standard InChI is InChI=1S/C21H14F5N3O3/c1-10(20(31)32)28-17-6-18-14(5-16(17)23)19(30)12(7-27)9-29(18)8-11-2-3-13(4-15(11)22)21(24,25)26/h2-6,9-10,28H,8H2,1H3,(H,31,32). The highest BCUT2D eigenvalue weighted by molar-refractivity contribution is 5.85. The molecule has 0 aliphatic carbocycles. The number of nitrogens with one attached hydrogen (secondary N) is 1. The van der Waals surface area contributed by atoms with Crippen molar-refractivity contribution in [1.82, 2.24) is 4.57 Å². The molecule has 3 rings (SSSR count). The molecule has 2 aromatic carbocycles.